The maximum atomic E-state index is 4.97. The van der Waals surface area contributed by atoms with Gasteiger partial charge in [-0.2, -0.15) is 0 Å². The summed E-state index contributed by atoms with van der Waals surface area (Å²) in [5.41, 5.74) is 3.58. The molecule has 0 saturated heterocycles. The van der Waals surface area contributed by atoms with Crippen molar-refractivity contribution in [1.29, 1.82) is 0 Å². The zero-order valence-electron chi connectivity index (χ0n) is 22.9. The third-order valence-electron chi connectivity index (χ3n) is 6.98. The Morgan fingerprint density at radius 1 is 0.838 bits per heavy atom. The summed E-state index contributed by atoms with van der Waals surface area (Å²) >= 11 is 0. The van der Waals surface area contributed by atoms with Gasteiger partial charge in [-0.3, -0.25) is 9.88 Å². The summed E-state index contributed by atoms with van der Waals surface area (Å²) in [6.07, 6.45) is 15.0. The molecule has 0 spiro atoms. The van der Waals surface area contributed by atoms with Crippen LogP contribution in [0.2, 0.25) is 0 Å². The second kappa shape index (κ2) is 14.1. The molecule has 0 amide bonds. The highest BCUT2D eigenvalue weighted by molar-refractivity contribution is 5.79. The summed E-state index contributed by atoms with van der Waals surface area (Å²) in [6.45, 7) is 10.7. The van der Waals surface area contributed by atoms with Crippen LogP contribution in [0.3, 0.4) is 0 Å². The Bertz CT molecular complexity index is 1190. The third kappa shape index (κ3) is 8.23. The Balaban J connectivity index is 1.33. The van der Waals surface area contributed by atoms with E-state index in [0.717, 1.165) is 37.4 Å². The van der Waals surface area contributed by atoms with Crippen LogP contribution in [0, 0.1) is 0 Å². The number of hydrogen-bond donors (Lipinski definition) is 2. The van der Waals surface area contributed by atoms with Gasteiger partial charge in [0.1, 0.15) is 24.8 Å². The quantitative estimate of drug-likeness (QED) is 0.164. The largest absolute Gasteiger partial charge is 0.348 e. The molecule has 7 nitrogen and oxygen atoms in total. The molecule has 37 heavy (non-hydrogen) atoms. The molecule has 0 aliphatic heterocycles. The molecule has 0 aliphatic rings. The highest BCUT2D eigenvalue weighted by Crippen LogP contribution is 2.19. The van der Waals surface area contributed by atoms with Crippen molar-refractivity contribution in [1.82, 2.24) is 29.7 Å². The Labute approximate surface area is 222 Å². The van der Waals surface area contributed by atoms with Gasteiger partial charge in [-0.25, -0.2) is 14.5 Å². The molecule has 3 heterocycles. The number of pyridine rings is 1. The molecule has 2 N–H and O–H groups in total. The number of hydrogen-bond acceptors (Lipinski definition) is 4. The van der Waals surface area contributed by atoms with Crippen LogP contribution >= 0.6 is 0 Å². The van der Waals surface area contributed by atoms with E-state index in [1.165, 1.54) is 74.2 Å². The molecule has 198 valence electrons. The van der Waals surface area contributed by atoms with Crippen molar-refractivity contribution in [3.8, 4) is 0 Å². The molecule has 0 bridgehead atoms. The molecule has 0 saturated carbocycles. The van der Waals surface area contributed by atoms with E-state index in [-0.39, 0.29) is 0 Å². The summed E-state index contributed by atoms with van der Waals surface area (Å²) in [5, 5.41) is 1.21. The number of fused-ring (bicyclic) bond motifs is 1. The SMILES string of the molecule is CCCN(CCC)CCCCCc1ccc2cc(CN(Cc3ncc[nH]3)Cc3[nH]cc[n+]3C)ccc2n1. The minimum absolute atomic E-state index is 0.760. The molecule has 4 aromatic rings. The molecule has 0 radical (unpaired) electrons. The van der Waals surface area contributed by atoms with Crippen LogP contribution in [0.25, 0.3) is 10.9 Å². The third-order valence-corrected chi connectivity index (χ3v) is 6.98. The van der Waals surface area contributed by atoms with Crippen molar-refractivity contribution >= 4 is 10.9 Å². The number of aromatic amines is 2. The van der Waals surface area contributed by atoms with Crippen LogP contribution in [-0.4, -0.2) is 49.4 Å². The van der Waals surface area contributed by atoms with Crippen molar-refractivity contribution in [3.63, 3.8) is 0 Å². The number of imidazole rings is 2. The molecule has 7 heteroatoms. The van der Waals surface area contributed by atoms with Crippen molar-refractivity contribution in [3.05, 3.63) is 78.0 Å². The second-order valence-electron chi connectivity index (χ2n) is 10.2. The first kappa shape index (κ1) is 27.0. The predicted molar refractivity (Wildman–Crippen MR) is 150 cm³/mol. The topological polar surface area (TPSA) is 67.7 Å². The molecule has 1 aromatic carbocycles. The fraction of sp³-hybridized carbons (Fsp3) is 0.500. The van der Waals surface area contributed by atoms with E-state index in [2.05, 4.69) is 80.5 Å². The van der Waals surface area contributed by atoms with E-state index >= 15 is 0 Å². The van der Waals surface area contributed by atoms with Crippen LogP contribution in [-0.2, 0) is 33.1 Å². The van der Waals surface area contributed by atoms with Crippen molar-refractivity contribution in [2.24, 2.45) is 7.05 Å². The Hall–Kier alpha value is -3.03. The number of nitrogens with zero attached hydrogens (tertiary/aromatic N) is 5. The lowest BCUT2D eigenvalue weighted by molar-refractivity contribution is -0.679. The van der Waals surface area contributed by atoms with E-state index in [0.29, 0.717) is 0 Å². The normalized spacial score (nSPS) is 11.8. The van der Waals surface area contributed by atoms with Crippen LogP contribution in [0.15, 0.2) is 55.1 Å². The molecule has 0 unspecified atom stereocenters. The number of rotatable bonds is 16. The first-order valence-corrected chi connectivity index (χ1v) is 14.0. The smallest absolute Gasteiger partial charge is 0.268 e. The van der Waals surface area contributed by atoms with Gasteiger partial charge in [0.15, 0.2) is 0 Å². The van der Waals surface area contributed by atoms with Gasteiger partial charge >= 0.3 is 0 Å². The molecule has 0 fully saturated rings. The zero-order valence-corrected chi connectivity index (χ0v) is 22.9. The minimum Gasteiger partial charge on any atom is -0.348 e. The predicted octanol–water partition coefficient (Wildman–Crippen LogP) is 5.15. The summed E-state index contributed by atoms with van der Waals surface area (Å²) in [5.74, 6) is 2.15. The number of aromatic nitrogens is 5. The van der Waals surface area contributed by atoms with E-state index in [1.54, 1.807) is 0 Å². The summed E-state index contributed by atoms with van der Waals surface area (Å²) in [4.78, 5) is 21.0. The summed E-state index contributed by atoms with van der Waals surface area (Å²) in [7, 11) is 2.07. The first-order valence-electron chi connectivity index (χ1n) is 14.0. The maximum absolute atomic E-state index is 4.97. The van der Waals surface area contributed by atoms with Crippen LogP contribution in [0.4, 0.5) is 0 Å². The molecular formula is C30H44N7+. The van der Waals surface area contributed by atoms with Gasteiger partial charge in [0.2, 0.25) is 0 Å². The summed E-state index contributed by atoms with van der Waals surface area (Å²) < 4.78 is 2.13. The van der Waals surface area contributed by atoms with Gasteiger partial charge in [-0.15, -0.1) is 0 Å². The Kier molecular flexibility index (Phi) is 10.3. The number of nitrogens with one attached hydrogen (secondary N) is 2. The fourth-order valence-corrected chi connectivity index (χ4v) is 5.07. The van der Waals surface area contributed by atoms with E-state index < -0.39 is 0 Å². The van der Waals surface area contributed by atoms with E-state index in [1.807, 2.05) is 24.8 Å². The molecule has 4 rings (SSSR count). The highest BCUT2D eigenvalue weighted by atomic mass is 15.2. The first-order chi connectivity index (χ1) is 18.1. The average Bonchev–Trinajstić information content (AvgIpc) is 3.55. The average molecular weight is 503 g/mol. The van der Waals surface area contributed by atoms with Crippen molar-refractivity contribution in [2.75, 3.05) is 19.6 Å². The number of aryl methyl sites for hydroxylation is 2. The van der Waals surface area contributed by atoms with Gasteiger partial charge in [-0.1, -0.05) is 32.4 Å². The van der Waals surface area contributed by atoms with Crippen LogP contribution < -0.4 is 4.57 Å². The van der Waals surface area contributed by atoms with Gasteiger partial charge in [0.05, 0.1) is 19.1 Å². The van der Waals surface area contributed by atoms with E-state index in [4.69, 9.17) is 4.98 Å². The highest BCUT2D eigenvalue weighted by Gasteiger charge is 2.16. The standard InChI is InChI=1S/C30H43N7/c1-4-17-36(18-5-2)19-8-6-7-9-27-12-11-26-21-25(10-13-28(26)34-27)22-37(23-29-31-14-15-32-29)24-30-33-16-20-35(30)3/h10-16,20-21H,4-9,17-19,22-24H2,1-3H3,(H,31,32)/p+1. The maximum Gasteiger partial charge on any atom is 0.268 e. The van der Waals surface area contributed by atoms with Gasteiger partial charge in [-0.05, 0) is 75.5 Å². The van der Waals surface area contributed by atoms with Crippen LogP contribution in [0.5, 0.6) is 0 Å². The van der Waals surface area contributed by atoms with Crippen molar-refractivity contribution in [2.45, 2.75) is 72.0 Å². The molecular weight excluding hydrogens is 458 g/mol. The number of unbranched alkanes of at least 4 members (excludes halogenated alkanes) is 2. The molecule has 0 aliphatic carbocycles. The minimum atomic E-state index is 0.760. The lowest BCUT2D eigenvalue weighted by Gasteiger charge is -2.20. The van der Waals surface area contributed by atoms with Crippen molar-refractivity contribution < 1.29 is 4.57 Å². The Morgan fingerprint density at radius 3 is 2.43 bits per heavy atom. The summed E-state index contributed by atoms with van der Waals surface area (Å²) in [6, 6.07) is 11.1. The number of benzene rings is 1. The van der Waals surface area contributed by atoms with Gasteiger partial charge in [0.25, 0.3) is 5.82 Å². The lowest BCUT2D eigenvalue weighted by atomic mass is 10.1. The fourth-order valence-electron chi connectivity index (χ4n) is 5.07. The van der Waals surface area contributed by atoms with Crippen LogP contribution in [0.1, 0.15) is 68.9 Å². The van der Waals surface area contributed by atoms with E-state index in [9.17, 15) is 0 Å². The molecule has 0 atom stereocenters. The van der Waals surface area contributed by atoms with Gasteiger partial charge < -0.3 is 9.88 Å². The zero-order chi connectivity index (χ0) is 25.9. The molecule has 3 aromatic heterocycles. The Morgan fingerprint density at radius 2 is 1.70 bits per heavy atom. The number of H-pyrrole nitrogens is 2. The monoisotopic (exact) mass is 502 g/mol. The second-order valence-corrected chi connectivity index (χ2v) is 10.2. The lowest BCUT2D eigenvalue weighted by Crippen LogP contribution is -2.35. The van der Waals surface area contributed by atoms with Gasteiger partial charge in [0, 0.05) is 30.0 Å².